The van der Waals surface area contributed by atoms with Gasteiger partial charge in [-0.15, -0.1) is 0 Å². The molecule has 0 radical (unpaired) electrons. The van der Waals surface area contributed by atoms with Crippen molar-refractivity contribution in [3.05, 3.63) is 45.5 Å². The molecule has 0 unspecified atom stereocenters. The maximum Gasteiger partial charge on any atom is 0.348 e. The van der Waals surface area contributed by atoms with Crippen LogP contribution in [-0.4, -0.2) is 39.2 Å². The van der Waals surface area contributed by atoms with Crippen LogP contribution in [0.4, 0.5) is 5.82 Å². The van der Waals surface area contributed by atoms with Gasteiger partial charge in [-0.05, 0) is 46.2 Å². The molecule has 0 aliphatic carbocycles. The first kappa shape index (κ1) is 17.5. The average molecular weight is 342 g/mol. The first-order chi connectivity index (χ1) is 12.0. The largest absolute Gasteiger partial charge is 0.368 e. The second kappa shape index (κ2) is 7.74. The molecule has 1 fully saturated rings. The first-order valence-electron chi connectivity index (χ1n) is 8.88. The third-order valence-corrected chi connectivity index (χ3v) is 4.56. The van der Waals surface area contributed by atoms with Crippen molar-refractivity contribution in [2.45, 2.75) is 46.1 Å². The van der Waals surface area contributed by atoms with E-state index in [4.69, 9.17) is 0 Å². The smallest absolute Gasteiger partial charge is 0.348 e. The van der Waals surface area contributed by atoms with Gasteiger partial charge in [0.2, 0.25) is 0 Å². The fourth-order valence-electron chi connectivity index (χ4n) is 3.34. The minimum Gasteiger partial charge on any atom is -0.368 e. The summed E-state index contributed by atoms with van der Waals surface area (Å²) >= 11 is 0. The SMILES string of the molecule is Cc1cc(C)n(CCNc2cc([C@H]3CCCNC3)nc(C)n2)c(=O)n1. The Hall–Kier alpha value is -2.28. The van der Waals surface area contributed by atoms with Crippen molar-refractivity contribution in [2.24, 2.45) is 0 Å². The fourth-order valence-corrected chi connectivity index (χ4v) is 3.34. The Kier molecular flexibility index (Phi) is 5.43. The van der Waals surface area contributed by atoms with Gasteiger partial charge in [0.05, 0.1) is 5.69 Å². The van der Waals surface area contributed by atoms with Crippen molar-refractivity contribution in [1.29, 1.82) is 0 Å². The van der Waals surface area contributed by atoms with Gasteiger partial charge in [-0.3, -0.25) is 4.57 Å². The highest BCUT2D eigenvalue weighted by Gasteiger charge is 2.17. The topological polar surface area (TPSA) is 84.7 Å². The summed E-state index contributed by atoms with van der Waals surface area (Å²) in [7, 11) is 0. The van der Waals surface area contributed by atoms with Crippen molar-refractivity contribution in [3.63, 3.8) is 0 Å². The molecule has 0 saturated carbocycles. The molecule has 0 amide bonds. The van der Waals surface area contributed by atoms with Crippen LogP contribution in [0.3, 0.4) is 0 Å². The van der Waals surface area contributed by atoms with Crippen molar-refractivity contribution in [1.82, 2.24) is 24.8 Å². The Morgan fingerprint density at radius 2 is 2.08 bits per heavy atom. The number of nitrogens with one attached hydrogen (secondary N) is 2. The second-order valence-corrected chi connectivity index (χ2v) is 6.67. The van der Waals surface area contributed by atoms with E-state index in [1.807, 2.05) is 32.9 Å². The van der Waals surface area contributed by atoms with Gasteiger partial charge < -0.3 is 10.6 Å². The van der Waals surface area contributed by atoms with E-state index in [-0.39, 0.29) is 5.69 Å². The summed E-state index contributed by atoms with van der Waals surface area (Å²) in [5, 5.41) is 6.75. The second-order valence-electron chi connectivity index (χ2n) is 6.67. The highest BCUT2D eigenvalue weighted by atomic mass is 16.1. The molecule has 1 aliphatic heterocycles. The number of piperidine rings is 1. The zero-order valence-corrected chi connectivity index (χ0v) is 15.2. The van der Waals surface area contributed by atoms with Gasteiger partial charge in [-0.1, -0.05) is 0 Å². The summed E-state index contributed by atoms with van der Waals surface area (Å²) in [5.41, 5.74) is 2.57. The van der Waals surface area contributed by atoms with Gasteiger partial charge in [0.15, 0.2) is 0 Å². The van der Waals surface area contributed by atoms with E-state index in [9.17, 15) is 4.79 Å². The van der Waals surface area contributed by atoms with Crippen molar-refractivity contribution in [3.8, 4) is 0 Å². The maximum atomic E-state index is 12.0. The van der Waals surface area contributed by atoms with Crippen molar-refractivity contribution < 1.29 is 0 Å². The molecule has 1 saturated heterocycles. The zero-order chi connectivity index (χ0) is 17.8. The molecule has 2 aromatic heterocycles. The molecule has 134 valence electrons. The summed E-state index contributed by atoms with van der Waals surface area (Å²) in [4.78, 5) is 25.1. The van der Waals surface area contributed by atoms with Gasteiger partial charge in [0.1, 0.15) is 11.6 Å². The van der Waals surface area contributed by atoms with E-state index < -0.39 is 0 Å². The van der Waals surface area contributed by atoms with E-state index in [0.29, 0.717) is 19.0 Å². The quantitative estimate of drug-likeness (QED) is 0.857. The maximum absolute atomic E-state index is 12.0. The Balaban J connectivity index is 1.67. The van der Waals surface area contributed by atoms with Gasteiger partial charge in [-0.25, -0.2) is 14.8 Å². The van der Waals surface area contributed by atoms with E-state index in [1.165, 1.54) is 6.42 Å². The summed E-state index contributed by atoms with van der Waals surface area (Å²) in [6.45, 7) is 8.92. The molecule has 2 N–H and O–H groups in total. The summed E-state index contributed by atoms with van der Waals surface area (Å²) in [6, 6.07) is 3.96. The fraction of sp³-hybridized carbons (Fsp3) is 0.556. The van der Waals surface area contributed by atoms with Crippen LogP contribution in [0.25, 0.3) is 0 Å². The Bertz CT molecular complexity index is 795. The van der Waals surface area contributed by atoms with Crippen LogP contribution in [-0.2, 0) is 6.54 Å². The molecule has 1 aliphatic rings. The lowest BCUT2D eigenvalue weighted by molar-refractivity contribution is 0.453. The van der Waals surface area contributed by atoms with Crippen LogP contribution in [0.5, 0.6) is 0 Å². The van der Waals surface area contributed by atoms with Gasteiger partial charge >= 0.3 is 5.69 Å². The molecule has 2 aromatic rings. The molecule has 0 bridgehead atoms. The number of anilines is 1. The number of aromatic nitrogens is 4. The molecule has 7 nitrogen and oxygen atoms in total. The standard InChI is InChI=1S/C18H26N6O/c1-12-9-13(2)24(18(25)21-12)8-7-20-17-10-16(22-14(3)23-17)15-5-4-6-19-11-15/h9-10,15,19H,4-8,11H2,1-3H3,(H,20,22,23)/t15-/m0/s1. The first-order valence-corrected chi connectivity index (χ1v) is 8.88. The Morgan fingerprint density at radius 1 is 1.24 bits per heavy atom. The van der Waals surface area contributed by atoms with Gasteiger partial charge in [-0.2, -0.15) is 4.98 Å². The number of hydrogen-bond donors (Lipinski definition) is 2. The molecule has 25 heavy (non-hydrogen) atoms. The highest BCUT2D eigenvalue weighted by molar-refractivity contribution is 5.37. The average Bonchev–Trinajstić information content (AvgIpc) is 2.57. The predicted molar refractivity (Wildman–Crippen MR) is 98.1 cm³/mol. The predicted octanol–water partition coefficient (Wildman–Crippen LogP) is 1.54. The lowest BCUT2D eigenvalue weighted by Crippen LogP contribution is -2.29. The van der Waals surface area contributed by atoms with E-state index >= 15 is 0 Å². The van der Waals surface area contributed by atoms with Crippen molar-refractivity contribution in [2.75, 3.05) is 25.0 Å². The van der Waals surface area contributed by atoms with E-state index in [1.54, 1.807) is 4.57 Å². The van der Waals surface area contributed by atoms with E-state index in [2.05, 4.69) is 25.6 Å². The van der Waals surface area contributed by atoms with Crippen molar-refractivity contribution >= 4 is 5.82 Å². The highest BCUT2D eigenvalue weighted by Crippen LogP contribution is 2.23. The number of hydrogen-bond acceptors (Lipinski definition) is 6. The minimum absolute atomic E-state index is 0.202. The lowest BCUT2D eigenvalue weighted by Gasteiger charge is -2.23. The van der Waals surface area contributed by atoms with Crippen LogP contribution in [0.2, 0.25) is 0 Å². The zero-order valence-electron chi connectivity index (χ0n) is 15.2. The third-order valence-electron chi connectivity index (χ3n) is 4.56. The normalized spacial score (nSPS) is 17.5. The Morgan fingerprint density at radius 3 is 2.80 bits per heavy atom. The van der Waals surface area contributed by atoms with Crippen LogP contribution >= 0.6 is 0 Å². The molecule has 3 heterocycles. The molecule has 7 heteroatoms. The van der Waals surface area contributed by atoms with Crippen LogP contribution in [0, 0.1) is 20.8 Å². The number of rotatable bonds is 5. The van der Waals surface area contributed by atoms with Gasteiger partial charge in [0, 0.05) is 43.0 Å². The summed E-state index contributed by atoms with van der Waals surface area (Å²) in [6.07, 6.45) is 2.34. The third kappa shape index (κ3) is 4.42. The molecular formula is C18H26N6O. The molecule has 0 aromatic carbocycles. The lowest BCUT2D eigenvalue weighted by atomic mass is 9.96. The van der Waals surface area contributed by atoms with Crippen LogP contribution < -0.4 is 16.3 Å². The summed E-state index contributed by atoms with van der Waals surface area (Å²) in [5.74, 6) is 2.04. The van der Waals surface area contributed by atoms with E-state index in [0.717, 1.165) is 48.2 Å². The van der Waals surface area contributed by atoms with Crippen LogP contribution in [0.15, 0.2) is 16.9 Å². The minimum atomic E-state index is -0.202. The monoisotopic (exact) mass is 342 g/mol. The molecule has 0 spiro atoms. The number of nitrogens with zero attached hydrogens (tertiary/aromatic N) is 4. The number of aryl methyl sites for hydroxylation is 3. The molecule has 3 rings (SSSR count). The van der Waals surface area contributed by atoms with Crippen LogP contribution in [0.1, 0.15) is 41.7 Å². The molecular weight excluding hydrogens is 316 g/mol. The molecule has 1 atom stereocenters. The van der Waals surface area contributed by atoms with Gasteiger partial charge in [0.25, 0.3) is 0 Å². The Labute approximate surface area is 147 Å². The summed E-state index contributed by atoms with van der Waals surface area (Å²) < 4.78 is 1.68.